The van der Waals surface area contributed by atoms with E-state index in [4.69, 9.17) is 5.11 Å². The molecule has 0 radical (unpaired) electrons. The molecule has 0 saturated heterocycles. The molecule has 1 atom stereocenters. The second-order valence-corrected chi connectivity index (χ2v) is 4.98. The monoisotopic (exact) mass is 292 g/mol. The van der Waals surface area contributed by atoms with Crippen LogP contribution in [0.5, 0.6) is 0 Å². The van der Waals surface area contributed by atoms with E-state index in [1.165, 1.54) is 5.56 Å². The summed E-state index contributed by atoms with van der Waals surface area (Å²) in [6, 6.07) is 10.2. The van der Waals surface area contributed by atoms with Gasteiger partial charge in [0.2, 0.25) is 5.91 Å². The quantitative estimate of drug-likeness (QED) is 0.731. The third-order valence-corrected chi connectivity index (χ3v) is 3.31. The standard InChI is InChI=1S/C16H24N2O3/c1-3-10-18(12-15(19)17-11-16(20)21)14(4-2)13-8-6-5-7-9-13/h5-9,14H,3-4,10-12H2,1-2H3,(H,17,19)(H,20,21). The first-order chi connectivity index (χ1) is 10.1. The van der Waals surface area contributed by atoms with E-state index in [-0.39, 0.29) is 25.0 Å². The predicted octanol–water partition coefficient (Wildman–Crippen LogP) is 2.05. The Kier molecular flexibility index (Phi) is 7.46. The Hall–Kier alpha value is -1.88. The van der Waals surface area contributed by atoms with Crippen LogP contribution >= 0.6 is 0 Å². The Labute approximate surface area is 126 Å². The smallest absolute Gasteiger partial charge is 0.322 e. The first kappa shape index (κ1) is 17.2. The maximum absolute atomic E-state index is 11.9. The van der Waals surface area contributed by atoms with Gasteiger partial charge in [-0.3, -0.25) is 14.5 Å². The topological polar surface area (TPSA) is 69.6 Å². The van der Waals surface area contributed by atoms with E-state index in [1.54, 1.807) is 0 Å². The number of aliphatic carboxylic acids is 1. The fourth-order valence-corrected chi connectivity index (χ4v) is 2.43. The van der Waals surface area contributed by atoms with Gasteiger partial charge in [0.15, 0.2) is 0 Å². The van der Waals surface area contributed by atoms with Crippen LogP contribution < -0.4 is 5.32 Å². The molecule has 1 aromatic rings. The van der Waals surface area contributed by atoms with Gasteiger partial charge in [0.25, 0.3) is 0 Å². The lowest BCUT2D eigenvalue weighted by Crippen LogP contribution is -2.41. The second kappa shape index (κ2) is 9.13. The zero-order valence-electron chi connectivity index (χ0n) is 12.7. The van der Waals surface area contributed by atoms with Gasteiger partial charge in [-0.25, -0.2) is 0 Å². The first-order valence-electron chi connectivity index (χ1n) is 7.35. The molecular formula is C16H24N2O3. The molecule has 0 aromatic heterocycles. The van der Waals surface area contributed by atoms with E-state index in [0.29, 0.717) is 0 Å². The molecule has 0 aliphatic carbocycles. The Bertz CT molecular complexity index is 448. The van der Waals surface area contributed by atoms with Gasteiger partial charge in [-0.15, -0.1) is 0 Å². The number of nitrogens with zero attached hydrogens (tertiary/aromatic N) is 1. The van der Waals surface area contributed by atoms with Crippen molar-refractivity contribution in [3.63, 3.8) is 0 Å². The third kappa shape index (κ3) is 5.95. The maximum Gasteiger partial charge on any atom is 0.322 e. The summed E-state index contributed by atoms with van der Waals surface area (Å²) in [5.74, 6) is -1.28. The Balaban J connectivity index is 2.74. The summed E-state index contributed by atoms with van der Waals surface area (Å²) in [5.41, 5.74) is 1.18. The Morgan fingerprint density at radius 3 is 2.43 bits per heavy atom. The van der Waals surface area contributed by atoms with Crippen molar-refractivity contribution in [1.29, 1.82) is 0 Å². The van der Waals surface area contributed by atoms with Gasteiger partial charge in [-0.05, 0) is 24.9 Å². The van der Waals surface area contributed by atoms with Crippen LogP contribution in [0.15, 0.2) is 30.3 Å². The van der Waals surface area contributed by atoms with E-state index in [2.05, 4.69) is 36.2 Å². The molecule has 1 amide bonds. The number of carbonyl (C=O) groups is 2. The van der Waals surface area contributed by atoms with Crippen molar-refractivity contribution < 1.29 is 14.7 Å². The number of nitrogens with one attached hydrogen (secondary N) is 1. The van der Waals surface area contributed by atoms with Crippen LogP contribution in [0.3, 0.4) is 0 Å². The molecular weight excluding hydrogens is 268 g/mol. The number of rotatable bonds is 9. The van der Waals surface area contributed by atoms with E-state index in [1.807, 2.05) is 18.2 Å². The average molecular weight is 292 g/mol. The Morgan fingerprint density at radius 1 is 1.24 bits per heavy atom. The molecule has 21 heavy (non-hydrogen) atoms. The van der Waals surface area contributed by atoms with Crippen LogP contribution in [0.4, 0.5) is 0 Å². The molecule has 0 spiro atoms. The van der Waals surface area contributed by atoms with E-state index in [9.17, 15) is 9.59 Å². The number of carbonyl (C=O) groups excluding carboxylic acids is 1. The summed E-state index contributed by atoms with van der Waals surface area (Å²) in [4.78, 5) is 24.5. The van der Waals surface area contributed by atoms with Crippen LogP contribution in [0.2, 0.25) is 0 Å². The van der Waals surface area contributed by atoms with Gasteiger partial charge in [-0.2, -0.15) is 0 Å². The van der Waals surface area contributed by atoms with Gasteiger partial charge >= 0.3 is 5.97 Å². The number of carboxylic acids is 1. The van der Waals surface area contributed by atoms with E-state index >= 15 is 0 Å². The molecule has 0 aliphatic heterocycles. The molecule has 1 aromatic carbocycles. The lowest BCUT2D eigenvalue weighted by Gasteiger charge is -2.30. The number of amides is 1. The zero-order valence-corrected chi connectivity index (χ0v) is 12.7. The van der Waals surface area contributed by atoms with Crippen LogP contribution in [-0.4, -0.2) is 41.5 Å². The molecule has 116 valence electrons. The van der Waals surface area contributed by atoms with Gasteiger partial charge in [0.1, 0.15) is 6.54 Å². The predicted molar refractivity (Wildman–Crippen MR) is 82.0 cm³/mol. The van der Waals surface area contributed by atoms with Crippen molar-refractivity contribution in [3.05, 3.63) is 35.9 Å². The molecule has 1 unspecified atom stereocenters. The minimum Gasteiger partial charge on any atom is -0.480 e. The molecule has 0 bridgehead atoms. The Morgan fingerprint density at radius 2 is 1.90 bits per heavy atom. The molecule has 5 heteroatoms. The minimum atomic E-state index is -1.03. The highest BCUT2D eigenvalue weighted by Gasteiger charge is 2.20. The second-order valence-electron chi connectivity index (χ2n) is 4.98. The van der Waals surface area contributed by atoms with Crippen LogP contribution in [0, 0.1) is 0 Å². The fraction of sp³-hybridized carbons (Fsp3) is 0.500. The van der Waals surface area contributed by atoms with Crippen molar-refractivity contribution >= 4 is 11.9 Å². The van der Waals surface area contributed by atoms with Gasteiger partial charge in [0, 0.05) is 6.04 Å². The van der Waals surface area contributed by atoms with Crippen molar-refractivity contribution in [1.82, 2.24) is 10.2 Å². The van der Waals surface area contributed by atoms with Gasteiger partial charge in [0.05, 0.1) is 6.54 Å². The largest absolute Gasteiger partial charge is 0.480 e. The maximum atomic E-state index is 11.9. The summed E-state index contributed by atoms with van der Waals surface area (Å²) in [7, 11) is 0. The lowest BCUT2D eigenvalue weighted by molar-refractivity contribution is -0.138. The highest BCUT2D eigenvalue weighted by atomic mass is 16.4. The third-order valence-electron chi connectivity index (χ3n) is 3.31. The molecule has 1 rings (SSSR count). The van der Waals surface area contributed by atoms with Crippen molar-refractivity contribution in [2.75, 3.05) is 19.6 Å². The van der Waals surface area contributed by atoms with Crippen molar-refractivity contribution in [2.45, 2.75) is 32.7 Å². The summed E-state index contributed by atoms with van der Waals surface area (Å²) in [6.45, 7) is 4.85. The number of hydrogen-bond donors (Lipinski definition) is 2. The van der Waals surface area contributed by atoms with Crippen molar-refractivity contribution in [3.8, 4) is 0 Å². The lowest BCUT2D eigenvalue weighted by atomic mass is 10.0. The molecule has 2 N–H and O–H groups in total. The van der Waals surface area contributed by atoms with Gasteiger partial charge < -0.3 is 10.4 Å². The molecule has 0 saturated carbocycles. The molecule has 0 aliphatic rings. The first-order valence-corrected chi connectivity index (χ1v) is 7.35. The van der Waals surface area contributed by atoms with E-state index in [0.717, 1.165) is 19.4 Å². The highest BCUT2D eigenvalue weighted by molar-refractivity contribution is 5.82. The van der Waals surface area contributed by atoms with Crippen LogP contribution in [0.1, 0.15) is 38.3 Å². The molecule has 0 heterocycles. The normalized spacial score (nSPS) is 12.1. The highest BCUT2D eigenvalue weighted by Crippen LogP contribution is 2.23. The SMILES string of the molecule is CCCN(CC(=O)NCC(=O)O)C(CC)c1ccccc1. The average Bonchev–Trinajstić information content (AvgIpc) is 2.47. The number of hydrogen-bond acceptors (Lipinski definition) is 3. The summed E-state index contributed by atoms with van der Waals surface area (Å²) >= 11 is 0. The number of carboxylic acid groups (broad SMARTS) is 1. The van der Waals surface area contributed by atoms with Crippen LogP contribution in [0.25, 0.3) is 0 Å². The van der Waals surface area contributed by atoms with Gasteiger partial charge in [-0.1, -0.05) is 44.2 Å². The van der Waals surface area contributed by atoms with Crippen molar-refractivity contribution in [2.24, 2.45) is 0 Å². The zero-order chi connectivity index (χ0) is 15.7. The summed E-state index contributed by atoms with van der Waals surface area (Å²) in [6.07, 6.45) is 1.84. The summed E-state index contributed by atoms with van der Waals surface area (Å²) in [5, 5.41) is 11.0. The molecule has 5 nitrogen and oxygen atoms in total. The van der Waals surface area contributed by atoms with E-state index < -0.39 is 5.97 Å². The molecule has 0 fully saturated rings. The summed E-state index contributed by atoms with van der Waals surface area (Å²) < 4.78 is 0. The fourth-order valence-electron chi connectivity index (χ4n) is 2.43. The van der Waals surface area contributed by atoms with Crippen LogP contribution in [-0.2, 0) is 9.59 Å². The number of benzene rings is 1. The minimum absolute atomic E-state index is 0.168.